The van der Waals surface area contributed by atoms with Crippen molar-refractivity contribution in [2.75, 3.05) is 0 Å². The number of benzene rings is 4. The topological polar surface area (TPSA) is 9.23 Å². The molecular weight excluding hydrogens is 375 g/mol. The van der Waals surface area contributed by atoms with Crippen molar-refractivity contribution in [3.8, 4) is 33.8 Å². The quantitative estimate of drug-likeness (QED) is 0.341. The van der Waals surface area contributed by atoms with Crippen molar-refractivity contribution in [2.24, 2.45) is 0 Å². The van der Waals surface area contributed by atoms with Crippen LogP contribution >= 0.6 is 23.2 Å². The van der Waals surface area contributed by atoms with Crippen LogP contribution in [-0.4, -0.2) is 0 Å². The third-order valence-corrected chi connectivity index (χ3v) is 4.81. The van der Waals surface area contributed by atoms with Crippen LogP contribution < -0.4 is 4.74 Å². The smallest absolute Gasteiger partial charge is 0.135 e. The van der Waals surface area contributed by atoms with Crippen LogP contribution in [0.25, 0.3) is 22.3 Å². The normalized spacial score (nSPS) is 10.6. The van der Waals surface area contributed by atoms with Crippen molar-refractivity contribution in [1.29, 1.82) is 0 Å². The van der Waals surface area contributed by atoms with Crippen molar-refractivity contribution in [3.63, 3.8) is 0 Å². The summed E-state index contributed by atoms with van der Waals surface area (Å²) in [4.78, 5) is 0. The van der Waals surface area contributed by atoms with Crippen LogP contribution in [-0.2, 0) is 0 Å². The Bertz CT molecular complexity index is 967. The van der Waals surface area contributed by atoms with Crippen LogP contribution in [0.4, 0.5) is 0 Å². The van der Waals surface area contributed by atoms with Gasteiger partial charge >= 0.3 is 0 Å². The lowest BCUT2D eigenvalue weighted by atomic mass is 10.0. The van der Waals surface area contributed by atoms with Crippen LogP contribution in [0.5, 0.6) is 11.5 Å². The molecule has 0 saturated heterocycles. The fourth-order valence-corrected chi connectivity index (χ4v) is 3.22. The Morgan fingerprint density at radius 1 is 0.444 bits per heavy atom. The molecule has 0 fully saturated rings. The highest BCUT2D eigenvalue weighted by molar-refractivity contribution is 6.30. The Kier molecular flexibility index (Phi) is 5.15. The molecule has 1 nitrogen and oxygen atoms in total. The molecular formula is C24H16Cl2O. The van der Waals surface area contributed by atoms with E-state index in [1.807, 2.05) is 97.1 Å². The van der Waals surface area contributed by atoms with Crippen LogP contribution in [0.15, 0.2) is 97.1 Å². The van der Waals surface area contributed by atoms with Gasteiger partial charge in [-0.2, -0.15) is 0 Å². The molecule has 4 rings (SSSR count). The molecule has 0 N–H and O–H groups in total. The van der Waals surface area contributed by atoms with Crippen molar-refractivity contribution >= 4 is 23.2 Å². The highest BCUT2D eigenvalue weighted by Gasteiger charge is 2.11. The molecule has 0 saturated carbocycles. The second-order valence-electron chi connectivity index (χ2n) is 6.11. The second kappa shape index (κ2) is 7.87. The molecule has 0 aromatic heterocycles. The summed E-state index contributed by atoms with van der Waals surface area (Å²) in [7, 11) is 0. The minimum atomic E-state index is 0.713. The van der Waals surface area contributed by atoms with Crippen molar-refractivity contribution in [3.05, 3.63) is 107 Å². The van der Waals surface area contributed by atoms with E-state index in [9.17, 15) is 0 Å². The van der Waals surface area contributed by atoms with Gasteiger partial charge in [0.2, 0.25) is 0 Å². The van der Waals surface area contributed by atoms with Crippen LogP contribution in [0.1, 0.15) is 0 Å². The molecule has 0 spiro atoms. The maximum absolute atomic E-state index is 6.34. The molecule has 0 aliphatic rings. The zero-order valence-corrected chi connectivity index (χ0v) is 15.9. The van der Waals surface area contributed by atoms with E-state index in [0.29, 0.717) is 10.0 Å². The summed E-state index contributed by atoms with van der Waals surface area (Å²) in [6, 6.07) is 31.5. The minimum absolute atomic E-state index is 0.713. The largest absolute Gasteiger partial charge is 0.456 e. The highest BCUT2D eigenvalue weighted by atomic mass is 35.5. The maximum Gasteiger partial charge on any atom is 0.135 e. The standard InChI is InChI=1S/C24H16Cl2O/c25-19-13-9-17(10-14-19)21-5-1-3-7-23(21)27-24-8-4-2-6-22(24)18-11-15-20(26)16-12-18/h1-16H. The van der Waals surface area contributed by atoms with Gasteiger partial charge in [-0.15, -0.1) is 0 Å². The van der Waals surface area contributed by atoms with E-state index in [-0.39, 0.29) is 0 Å². The third-order valence-electron chi connectivity index (χ3n) is 4.30. The molecule has 0 amide bonds. The lowest BCUT2D eigenvalue weighted by molar-refractivity contribution is 0.486. The van der Waals surface area contributed by atoms with Gasteiger partial charge in [0.1, 0.15) is 11.5 Å². The van der Waals surface area contributed by atoms with Gasteiger partial charge in [-0.1, -0.05) is 83.9 Å². The molecule has 132 valence electrons. The molecule has 0 heterocycles. The SMILES string of the molecule is Clc1ccc(-c2ccccc2Oc2ccccc2-c2ccc(Cl)cc2)cc1. The highest BCUT2D eigenvalue weighted by Crippen LogP contribution is 2.38. The van der Waals surface area contributed by atoms with E-state index in [4.69, 9.17) is 27.9 Å². The summed E-state index contributed by atoms with van der Waals surface area (Å²) < 4.78 is 6.34. The number of ether oxygens (including phenoxy) is 1. The lowest BCUT2D eigenvalue weighted by Gasteiger charge is -2.15. The van der Waals surface area contributed by atoms with E-state index in [2.05, 4.69) is 0 Å². The van der Waals surface area contributed by atoms with Crippen LogP contribution in [0, 0.1) is 0 Å². The van der Waals surface area contributed by atoms with Gasteiger partial charge in [-0.3, -0.25) is 0 Å². The van der Waals surface area contributed by atoms with E-state index < -0.39 is 0 Å². The number of hydrogen-bond donors (Lipinski definition) is 0. The Labute approximate surface area is 168 Å². The maximum atomic E-state index is 6.34. The Hall–Kier alpha value is -2.74. The van der Waals surface area contributed by atoms with Gasteiger partial charge in [0, 0.05) is 21.2 Å². The molecule has 27 heavy (non-hydrogen) atoms. The van der Waals surface area contributed by atoms with Gasteiger partial charge < -0.3 is 4.74 Å². The molecule has 0 bridgehead atoms. The Morgan fingerprint density at radius 2 is 0.815 bits per heavy atom. The summed E-state index contributed by atoms with van der Waals surface area (Å²) in [6.45, 7) is 0. The van der Waals surface area contributed by atoms with Crippen molar-refractivity contribution in [2.45, 2.75) is 0 Å². The monoisotopic (exact) mass is 390 g/mol. The zero-order valence-electron chi connectivity index (χ0n) is 14.4. The first-order valence-corrected chi connectivity index (χ1v) is 9.34. The predicted octanol–water partition coefficient (Wildman–Crippen LogP) is 8.12. The number of halogens is 2. The Balaban J connectivity index is 1.74. The number of rotatable bonds is 4. The first kappa shape index (κ1) is 17.7. The molecule has 3 heteroatoms. The molecule has 0 aliphatic carbocycles. The van der Waals surface area contributed by atoms with E-state index in [1.165, 1.54) is 0 Å². The average molecular weight is 391 g/mol. The first-order valence-electron chi connectivity index (χ1n) is 8.58. The van der Waals surface area contributed by atoms with E-state index in [0.717, 1.165) is 33.8 Å². The van der Waals surface area contributed by atoms with Gasteiger partial charge in [0.05, 0.1) is 0 Å². The third kappa shape index (κ3) is 4.00. The Morgan fingerprint density at radius 3 is 1.22 bits per heavy atom. The summed E-state index contributed by atoms with van der Waals surface area (Å²) in [6.07, 6.45) is 0. The summed E-state index contributed by atoms with van der Waals surface area (Å²) in [5, 5.41) is 1.43. The van der Waals surface area contributed by atoms with Crippen LogP contribution in [0.2, 0.25) is 10.0 Å². The zero-order chi connectivity index (χ0) is 18.6. The van der Waals surface area contributed by atoms with Gasteiger partial charge in [0.25, 0.3) is 0 Å². The summed E-state index contributed by atoms with van der Waals surface area (Å²) in [5.41, 5.74) is 4.14. The predicted molar refractivity (Wildman–Crippen MR) is 114 cm³/mol. The van der Waals surface area contributed by atoms with E-state index in [1.54, 1.807) is 0 Å². The lowest BCUT2D eigenvalue weighted by Crippen LogP contribution is -1.91. The van der Waals surface area contributed by atoms with E-state index >= 15 is 0 Å². The average Bonchev–Trinajstić information content (AvgIpc) is 2.70. The number of para-hydroxylation sites is 2. The fraction of sp³-hybridized carbons (Fsp3) is 0. The van der Waals surface area contributed by atoms with Crippen molar-refractivity contribution < 1.29 is 4.74 Å². The van der Waals surface area contributed by atoms with Gasteiger partial charge in [0.15, 0.2) is 0 Å². The fourth-order valence-electron chi connectivity index (χ4n) is 2.97. The van der Waals surface area contributed by atoms with Gasteiger partial charge in [-0.25, -0.2) is 0 Å². The summed E-state index contributed by atoms with van der Waals surface area (Å²) >= 11 is 12.1. The molecule has 4 aromatic rings. The molecule has 0 radical (unpaired) electrons. The first-order chi connectivity index (χ1) is 13.2. The minimum Gasteiger partial charge on any atom is -0.456 e. The van der Waals surface area contributed by atoms with Gasteiger partial charge in [-0.05, 0) is 47.5 Å². The second-order valence-corrected chi connectivity index (χ2v) is 6.98. The van der Waals surface area contributed by atoms with Crippen LogP contribution in [0.3, 0.4) is 0 Å². The van der Waals surface area contributed by atoms with Crippen molar-refractivity contribution in [1.82, 2.24) is 0 Å². The number of hydrogen-bond acceptors (Lipinski definition) is 1. The molecule has 0 aliphatic heterocycles. The summed E-state index contributed by atoms with van der Waals surface area (Å²) in [5.74, 6) is 1.59. The molecule has 4 aromatic carbocycles. The molecule has 0 unspecified atom stereocenters. The molecule has 0 atom stereocenters.